The molecule has 0 radical (unpaired) electrons. The van der Waals surface area contributed by atoms with Crippen molar-refractivity contribution in [3.05, 3.63) is 33.8 Å². The molecule has 116 valence electrons. The maximum absolute atomic E-state index is 14.3. The van der Waals surface area contributed by atoms with Gasteiger partial charge in [-0.2, -0.15) is 0 Å². The Morgan fingerprint density at radius 2 is 1.95 bits per heavy atom. The van der Waals surface area contributed by atoms with Gasteiger partial charge in [-0.3, -0.25) is 0 Å². The Morgan fingerprint density at radius 3 is 2.57 bits per heavy atom. The largest absolute Gasteiger partial charge is 0.314 e. The first kappa shape index (κ1) is 15.4. The number of nitrogens with one attached hydrogen (secondary N) is 1. The van der Waals surface area contributed by atoms with E-state index in [2.05, 4.69) is 35.1 Å². The van der Waals surface area contributed by atoms with Crippen molar-refractivity contribution in [2.75, 3.05) is 6.54 Å². The van der Waals surface area contributed by atoms with E-state index in [1.807, 2.05) is 0 Å². The highest BCUT2D eigenvalue weighted by atomic mass is 79.9. The molecule has 0 spiro atoms. The van der Waals surface area contributed by atoms with E-state index in [-0.39, 0.29) is 11.0 Å². The maximum Gasteiger partial charge on any atom is 0.143 e. The Bertz CT molecular complexity index is 534. The summed E-state index contributed by atoms with van der Waals surface area (Å²) >= 11 is 3.17. The van der Waals surface area contributed by atoms with Gasteiger partial charge < -0.3 is 5.32 Å². The van der Waals surface area contributed by atoms with Gasteiger partial charge in [0.2, 0.25) is 0 Å². The lowest BCUT2D eigenvalue weighted by Gasteiger charge is -2.33. The van der Waals surface area contributed by atoms with Gasteiger partial charge in [0.05, 0.1) is 4.47 Å². The third-order valence-electron chi connectivity index (χ3n) is 5.04. The summed E-state index contributed by atoms with van der Waals surface area (Å²) in [5.74, 6) is 0.731. The smallest absolute Gasteiger partial charge is 0.143 e. The molecule has 1 N–H and O–H groups in total. The highest BCUT2D eigenvalue weighted by Gasteiger charge is 2.53. The molecule has 1 aromatic carbocycles. The van der Waals surface area contributed by atoms with Crippen molar-refractivity contribution in [2.45, 2.75) is 45.6 Å². The fraction of sp³-hybridized carbons (Fsp3) is 0.647. The van der Waals surface area contributed by atoms with Crippen molar-refractivity contribution >= 4 is 15.9 Å². The summed E-state index contributed by atoms with van der Waals surface area (Å²) in [7, 11) is 0. The summed E-state index contributed by atoms with van der Waals surface area (Å²) < 4.78 is 28.7. The summed E-state index contributed by atoms with van der Waals surface area (Å²) in [4.78, 5) is 0. The molecule has 1 nitrogen and oxygen atoms in total. The van der Waals surface area contributed by atoms with E-state index < -0.39 is 11.6 Å². The number of hydrogen-bond acceptors (Lipinski definition) is 1. The number of hydrogen-bond donors (Lipinski definition) is 1. The Labute approximate surface area is 133 Å². The van der Waals surface area contributed by atoms with E-state index in [0.717, 1.165) is 31.2 Å². The predicted molar refractivity (Wildman–Crippen MR) is 84.2 cm³/mol. The van der Waals surface area contributed by atoms with E-state index in [1.54, 1.807) is 0 Å². The first-order valence-electron chi connectivity index (χ1n) is 7.76. The molecule has 3 rings (SSSR count). The van der Waals surface area contributed by atoms with Crippen molar-refractivity contribution in [3.8, 4) is 0 Å². The average molecular weight is 358 g/mol. The average Bonchev–Trinajstić information content (AvgIpc) is 3.05. The van der Waals surface area contributed by atoms with Crippen LogP contribution >= 0.6 is 15.9 Å². The molecular formula is C17H22BrF2N. The van der Waals surface area contributed by atoms with Crippen LogP contribution in [0.1, 0.15) is 38.7 Å². The molecule has 1 aromatic rings. The second-order valence-electron chi connectivity index (χ2n) is 7.20. The summed E-state index contributed by atoms with van der Waals surface area (Å²) in [5, 5.41) is 3.49. The van der Waals surface area contributed by atoms with E-state index in [0.29, 0.717) is 16.9 Å². The summed E-state index contributed by atoms with van der Waals surface area (Å²) in [6.07, 6.45) is 4.01. The molecule has 2 unspecified atom stereocenters. The molecule has 0 amide bonds. The minimum absolute atomic E-state index is 0.0142. The minimum Gasteiger partial charge on any atom is -0.314 e. The predicted octanol–water partition coefficient (Wildman–Crippen LogP) is 4.68. The van der Waals surface area contributed by atoms with E-state index in [1.165, 1.54) is 18.6 Å². The number of halogens is 3. The molecule has 2 aliphatic rings. The van der Waals surface area contributed by atoms with Gasteiger partial charge in [-0.05, 0) is 71.0 Å². The zero-order valence-corrected chi connectivity index (χ0v) is 14.1. The van der Waals surface area contributed by atoms with Crippen LogP contribution in [0.5, 0.6) is 0 Å². The molecule has 2 fully saturated rings. The first-order valence-corrected chi connectivity index (χ1v) is 8.55. The highest BCUT2D eigenvalue weighted by molar-refractivity contribution is 9.10. The molecule has 0 aliphatic heterocycles. The van der Waals surface area contributed by atoms with Crippen LogP contribution in [0.2, 0.25) is 0 Å². The molecule has 0 bridgehead atoms. The maximum atomic E-state index is 14.3. The van der Waals surface area contributed by atoms with Crippen LogP contribution < -0.4 is 5.32 Å². The van der Waals surface area contributed by atoms with E-state index >= 15 is 0 Å². The normalized spacial score (nSPS) is 30.8. The Balaban J connectivity index is 1.83. The fourth-order valence-electron chi connectivity index (χ4n) is 3.88. The van der Waals surface area contributed by atoms with Crippen LogP contribution in [0, 0.1) is 28.9 Å². The van der Waals surface area contributed by atoms with Crippen molar-refractivity contribution in [2.24, 2.45) is 17.3 Å². The quantitative estimate of drug-likeness (QED) is 0.754. The number of fused-ring (bicyclic) bond motifs is 1. The summed E-state index contributed by atoms with van der Waals surface area (Å²) in [6, 6.07) is 3.21. The fourth-order valence-corrected chi connectivity index (χ4v) is 4.26. The van der Waals surface area contributed by atoms with Crippen LogP contribution in [-0.4, -0.2) is 12.6 Å². The van der Waals surface area contributed by atoms with Crippen LogP contribution in [-0.2, 0) is 6.42 Å². The SMILES string of the molecule is CC(C)NCC1(Cc2c(F)ccc(Br)c2F)CC2CC2C1. The highest BCUT2D eigenvalue weighted by Crippen LogP contribution is 2.60. The minimum atomic E-state index is -0.431. The monoisotopic (exact) mass is 357 g/mol. The molecular weight excluding hydrogens is 336 g/mol. The molecule has 21 heavy (non-hydrogen) atoms. The van der Waals surface area contributed by atoms with Gasteiger partial charge in [0.15, 0.2) is 0 Å². The van der Waals surface area contributed by atoms with E-state index in [4.69, 9.17) is 0 Å². The Hall–Kier alpha value is -0.480. The molecule has 0 heterocycles. The third kappa shape index (κ3) is 3.16. The van der Waals surface area contributed by atoms with Gasteiger partial charge in [0, 0.05) is 18.2 Å². The summed E-state index contributed by atoms with van der Waals surface area (Å²) in [5.41, 5.74) is 0.261. The Morgan fingerprint density at radius 1 is 1.29 bits per heavy atom. The molecule has 2 atom stereocenters. The van der Waals surface area contributed by atoms with Gasteiger partial charge in [-0.25, -0.2) is 8.78 Å². The third-order valence-corrected chi connectivity index (χ3v) is 5.65. The van der Waals surface area contributed by atoms with Crippen LogP contribution in [0.15, 0.2) is 16.6 Å². The second-order valence-corrected chi connectivity index (χ2v) is 8.05. The topological polar surface area (TPSA) is 12.0 Å². The molecule has 2 saturated carbocycles. The Kier molecular flexibility index (Phi) is 4.12. The van der Waals surface area contributed by atoms with Crippen molar-refractivity contribution in [1.82, 2.24) is 5.32 Å². The van der Waals surface area contributed by atoms with Gasteiger partial charge in [0.1, 0.15) is 11.6 Å². The molecule has 0 saturated heterocycles. The van der Waals surface area contributed by atoms with Gasteiger partial charge in [-0.15, -0.1) is 0 Å². The standard InChI is InChI=1S/C17H22BrF2N/c1-10(2)21-9-17(6-11-5-12(11)7-17)8-13-15(19)4-3-14(18)16(13)20/h3-4,10-12,21H,5-9H2,1-2H3. The second kappa shape index (κ2) is 5.62. The zero-order valence-electron chi connectivity index (χ0n) is 12.6. The van der Waals surface area contributed by atoms with Gasteiger partial charge >= 0.3 is 0 Å². The lowest BCUT2D eigenvalue weighted by Crippen LogP contribution is -2.38. The number of benzene rings is 1. The summed E-state index contributed by atoms with van der Waals surface area (Å²) in [6.45, 7) is 5.08. The van der Waals surface area contributed by atoms with Gasteiger partial charge in [-0.1, -0.05) is 13.8 Å². The van der Waals surface area contributed by atoms with Crippen LogP contribution in [0.3, 0.4) is 0 Å². The zero-order chi connectivity index (χ0) is 15.2. The van der Waals surface area contributed by atoms with Crippen LogP contribution in [0.25, 0.3) is 0 Å². The molecule has 2 aliphatic carbocycles. The molecule has 4 heteroatoms. The number of rotatable bonds is 5. The lowest BCUT2D eigenvalue weighted by molar-refractivity contribution is 0.236. The van der Waals surface area contributed by atoms with Crippen molar-refractivity contribution < 1.29 is 8.78 Å². The van der Waals surface area contributed by atoms with Gasteiger partial charge in [0.25, 0.3) is 0 Å². The lowest BCUT2D eigenvalue weighted by atomic mass is 9.77. The first-order chi connectivity index (χ1) is 9.90. The molecule has 0 aromatic heterocycles. The van der Waals surface area contributed by atoms with Crippen molar-refractivity contribution in [3.63, 3.8) is 0 Å². The van der Waals surface area contributed by atoms with E-state index in [9.17, 15) is 8.78 Å². The van der Waals surface area contributed by atoms with Crippen LogP contribution in [0.4, 0.5) is 8.78 Å². The van der Waals surface area contributed by atoms with Crippen molar-refractivity contribution in [1.29, 1.82) is 0 Å².